The molecule has 1 fully saturated rings. The molecular weight excluding hydrogens is 316 g/mol. The fourth-order valence-electron chi connectivity index (χ4n) is 3.13. The largest absolute Gasteiger partial charge is 0.340 e. The maximum absolute atomic E-state index is 4.63. The van der Waals surface area contributed by atoms with Crippen LogP contribution in [0.15, 0.2) is 0 Å². The molecular formula is C17H22N8. The highest BCUT2D eigenvalue weighted by atomic mass is 15.4. The minimum atomic E-state index is 0.643. The molecule has 1 aliphatic rings. The second kappa shape index (κ2) is 5.94. The Hall–Kier alpha value is -2.77. The van der Waals surface area contributed by atoms with E-state index in [1.165, 1.54) is 12.8 Å². The first-order chi connectivity index (χ1) is 12.0. The van der Waals surface area contributed by atoms with Crippen molar-refractivity contribution in [2.75, 3.05) is 18.0 Å². The molecule has 0 spiro atoms. The summed E-state index contributed by atoms with van der Waals surface area (Å²) in [5, 5.41) is 9.04. The van der Waals surface area contributed by atoms with Crippen LogP contribution in [-0.4, -0.2) is 47.4 Å². The van der Waals surface area contributed by atoms with Gasteiger partial charge in [0.05, 0.1) is 0 Å². The molecule has 0 unspecified atom stereocenters. The van der Waals surface area contributed by atoms with Gasteiger partial charge in [-0.3, -0.25) is 0 Å². The van der Waals surface area contributed by atoms with Crippen LogP contribution >= 0.6 is 0 Å². The van der Waals surface area contributed by atoms with Crippen LogP contribution in [0.4, 0.5) is 5.95 Å². The molecule has 25 heavy (non-hydrogen) atoms. The average Bonchev–Trinajstić information content (AvgIpc) is 3.30. The van der Waals surface area contributed by atoms with Gasteiger partial charge in [0.25, 0.3) is 0 Å². The topological polar surface area (TPSA) is 77.0 Å². The predicted octanol–water partition coefficient (Wildman–Crippen LogP) is 1.95. The van der Waals surface area contributed by atoms with E-state index in [0.29, 0.717) is 5.82 Å². The van der Waals surface area contributed by atoms with Gasteiger partial charge in [0.1, 0.15) is 5.82 Å². The van der Waals surface area contributed by atoms with E-state index in [4.69, 9.17) is 0 Å². The normalized spacial score (nSPS) is 15.1. The fraction of sp³-hybridized carbons (Fsp3) is 0.471. The number of aryl methyl sites for hydroxylation is 4. The summed E-state index contributed by atoms with van der Waals surface area (Å²) in [7, 11) is 1.91. The average molecular weight is 338 g/mol. The summed E-state index contributed by atoms with van der Waals surface area (Å²) in [6.07, 6.45) is 6.20. The van der Waals surface area contributed by atoms with Crippen molar-refractivity contribution in [1.82, 2.24) is 34.3 Å². The first-order valence-corrected chi connectivity index (χ1v) is 8.57. The maximum atomic E-state index is 4.63. The van der Waals surface area contributed by atoms with Crippen LogP contribution in [-0.2, 0) is 7.05 Å². The second-order valence-corrected chi connectivity index (χ2v) is 6.50. The van der Waals surface area contributed by atoms with E-state index >= 15 is 0 Å². The van der Waals surface area contributed by atoms with E-state index < -0.39 is 0 Å². The van der Waals surface area contributed by atoms with Gasteiger partial charge in [-0.05, 0) is 45.8 Å². The highest BCUT2D eigenvalue weighted by molar-refractivity contribution is 5.65. The van der Waals surface area contributed by atoms with Crippen molar-refractivity contribution in [3.8, 4) is 0 Å². The Morgan fingerprint density at radius 2 is 1.68 bits per heavy atom. The van der Waals surface area contributed by atoms with Gasteiger partial charge < -0.3 is 4.90 Å². The molecule has 8 nitrogen and oxygen atoms in total. The van der Waals surface area contributed by atoms with Crippen molar-refractivity contribution in [3.63, 3.8) is 0 Å². The molecule has 4 rings (SSSR count). The first kappa shape index (κ1) is 15.7. The summed E-state index contributed by atoms with van der Waals surface area (Å²) < 4.78 is 3.58. The Bertz CT molecular complexity index is 959. The zero-order valence-electron chi connectivity index (χ0n) is 15.1. The van der Waals surface area contributed by atoms with E-state index in [9.17, 15) is 0 Å². The molecule has 1 saturated heterocycles. The van der Waals surface area contributed by atoms with Gasteiger partial charge in [-0.25, -0.2) is 14.6 Å². The van der Waals surface area contributed by atoms with Gasteiger partial charge in [0, 0.05) is 31.4 Å². The third-order valence-electron chi connectivity index (χ3n) is 4.69. The Labute approximate surface area is 146 Å². The smallest absolute Gasteiger partial charge is 0.245 e. The lowest BCUT2D eigenvalue weighted by Crippen LogP contribution is -2.19. The zero-order valence-corrected chi connectivity index (χ0v) is 15.1. The van der Waals surface area contributed by atoms with Crippen molar-refractivity contribution in [1.29, 1.82) is 0 Å². The second-order valence-electron chi connectivity index (χ2n) is 6.50. The Kier molecular flexibility index (Phi) is 3.74. The molecule has 3 aromatic heterocycles. The van der Waals surface area contributed by atoms with Crippen LogP contribution in [0.25, 0.3) is 17.8 Å². The molecule has 1 aliphatic heterocycles. The minimum absolute atomic E-state index is 0.643. The summed E-state index contributed by atoms with van der Waals surface area (Å²) in [4.78, 5) is 16.0. The Morgan fingerprint density at radius 3 is 2.44 bits per heavy atom. The summed E-state index contributed by atoms with van der Waals surface area (Å²) in [6.45, 7) is 8.01. The van der Waals surface area contributed by atoms with E-state index in [-0.39, 0.29) is 0 Å². The number of hydrogen-bond acceptors (Lipinski definition) is 6. The summed E-state index contributed by atoms with van der Waals surface area (Å²) >= 11 is 0. The molecule has 0 N–H and O–H groups in total. The zero-order chi connectivity index (χ0) is 17.6. The van der Waals surface area contributed by atoms with Gasteiger partial charge in [-0.1, -0.05) is 0 Å². The highest BCUT2D eigenvalue weighted by Gasteiger charge is 2.17. The summed E-state index contributed by atoms with van der Waals surface area (Å²) in [5.74, 6) is 3.07. The van der Waals surface area contributed by atoms with Crippen molar-refractivity contribution in [2.24, 2.45) is 7.05 Å². The first-order valence-electron chi connectivity index (χ1n) is 8.57. The van der Waals surface area contributed by atoms with Crippen LogP contribution < -0.4 is 4.90 Å². The molecule has 8 heteroatoms. The van der Waals surface area contributed by atoms with Gasteiger partial charge >= 0.3 is 0 Å². The molecule has 3 aromatic rings. The monoisotopic (exact) mass is 338 g/mol. The number of anilines is 1. The van der Waals surface area contributed by atoms with Gasteiger partial charge in [-0.15, -0.1) is 10.2 Å². The lowest BCUT2D eigenvalue weighted by molar-refractivity contribution is 0.747. The van der Waals surface area contributed by atoms with Crippen molar-refractivity contribution >= 4 is 23.7 Å². The van der Waals surface area contributed by atoms with Crippen LogP contribution in [0.5, 0.6) is 0 Å². The quantitative estimate of drug-likeness (QED) is 0.726. The predicted molar refractivity (Wildman–Crippen MR) is 96.4 cm³/mol. The van der Waals surface area contributed by atoms with Crippen LogP contribution in [0, 0.1) is 20.8 Å². The number of nitrogens with zero attached hydrogens (tertiary/aromatic N) is 8. The van der Waals surface area contributed by atoms with Gasteiger partial charge in [0.15, 0.2) is 17.3 Å². The van der Waals surface area contributed by atoms with E-state index in [2.05, 4.69) is 30.0 Å². The van der Waals surface area contributed by atoms with Crippen LogP contribution in [0.1, 0.15) is 41.6 Å². The third-order valence-corrected chi connectivity index (χ3v) is 4.69. The van der Waals surface area contributed by atoms with Gasteiger partial charge in [0.2, 0.25) is 5.95 Å². The standard InChI is InChI=1S/C17H22N8/c1-11-12(2)18-13(3)25-16(11)19-14(21-25)7-8-15-20-17(22-23(15)4)24-9-5-6-10-24/h7-8H,5-6,9-10H2,1-4H3/b8-7+. The Balaban J connectivity index is 1.65. The van der Waals surface area contributed by atoms with E-state index in [0.717, 1.165) is 47.6 Å². The maximum Gasteiger partial charge on any atom is 0.245 e. The molecule has 0 aromatic carbocycles. The minimum Gasteiger partial charge on any atom is -0.340 e. The highest BCUT2D eigenvalue weighted by Crippen LogP contribution is 2.17. The molecule has 4 heterocycles. The number of hydrogen-bond donors (Lipinski definition) is 0. The fourth-order valence-corrected chi connectivity index (χ4v) is 3.13. The Morgan fingerprint density at radius 1 is 0.920 bits per heavy atom. The van der Waals surface area contributed by atoms with Crippen LogP contribution in [0.2, 0.25) is 0 Å². The number of fused-ring (bicyclic) bond motifs is 1. The molecule has 0 bridgehead atoms. The van der Waals surface area contributed by atoms with Gasteiger partial charge in [-0.2, -0.15) is 9.50 Å². The van der Waals surface area contributed by atoms with Crippen molar-refractivity contribution in [3.05, 3.63) is 28.7 Å². The summed E-state index contributed by atoms with van der Waals surface area (Å²) in [6, 6.07) is 0. The van der Waals surface area contributed by atoms with E-state index in [1.54, 1.807) is 9.20 Å². The lowest BCUT2D eigenvalue weighted by Gasteiger charge is -2.10. The molecule has 0 radical (unpaired) electrons. The number of rotatable bonds is 3. The molecule has 0 saturated carbocycles. The molecule has 0 aliphatic carbocycles. The number of aromatic nitrogens is 7. The van der Waals surface area contributed by atoms with Crippen molar-refractivity contribution in [2.45, 2.75) is 33.6 Å². The molecule has 0 atom stereocenters. The molecule has 130 valence electrons. The third kappa shape index (κ3) is 2.77. The van der Waals surface area contributed by atoms with Crippen LogP contribution in [0.3, 0.4) is 0 Å². The molecule has 0 amide bonds. The van der Waals surface area contributed by atoms with Crippen molar-refractivity contribution < 1.29 is 0 Å². The SMILES string of the molecule is Cc1nc(C)n2nc(/C=C/c3nc(N4CCCC4)nn3C)nc2c1C. The lowest BCUT2D eigenvalue weighted by atomic mass is 10.2. The summed E-state index contributed by atoms with van der Waals surface area (Å²) in [5.41, 5.74) is 2.88. The van der Waals surface area contributed by atoms with E-state index in [1.807, 2.05) is 40.0 Å².